The van der Waals surface area contributed by atoms with Gasteiger partial charge in [0.25, 0.3) is 0 Å². The minimum atomic E-state index is -0.473. The number of ether oxygens (including phenoxy) is 1. The van der Waals surface area contributed by atoms with E-state index in [2.05, 4.69) is 41.6 Å². The third-order valence-electron chi connectivity index (χ3n) is 4.61. The molecule has 0 atom stereocenters. The highest BCUT2D eigenvalue weighted by atomic mass is 79.9. The number of anilines is 1. The Labute approximate surface area is 217 Å². The summed E-state index contributed by atoms with van der Waals surface area (Å²) in [6, 6.07) is 8.06. The Hall–Kier alpha value is -2.34. The number of nitrogens with zero attached hydrogens (tertiary/aromatic N) is 3. The molecule has 4 aromatic rings. The van der Waals surface area contributed by atoms with Gasteiger partial charge in [-0.2, -0.15) is 0 Å². The summed E-state index contributed by atoms with van der Waals surface area (Å²) in [5.74, 6) is -0.320. The van der Waals surface area contributed by atoms with Crippen LogP contribution in [0.1, 0.15) is 29.2 Å². The van der Waals surface area contributed by atoms with Gasteiger partial charge in [-0.05, 0) is 30.5 Å². The molecule has 1 N–H and O–H groups in total. The topological polar surface area (TPSA) is 94.1 Å². The van der Waals surface area contributed by atoms with Gasteiger partial charge in [-0.15, -0.1) is 22.7 Å². The third kappa shape index (κ3) is 5.83. The van der Waals surface area contributed by atoms with Gasteiger partial charge in [0, 0.05) is 20.3 Å². The third-order valence-corrected chi connectivity index (χ3v) is 7.91. The highest BCUT2D eigenvalue weighted by Gasteiger charge is 2.19. The van der Waals surface area contributed by atoms with E-state index in [4.69, 9.17) is 4.74 Å². The van der Waals surface area contributed by atoms with Crippen molar-refractivity contribution in [3.8, 4) is 11.1 Å². The Morgan fingerprint density at radius 2 is 1.97 bits per heavy atom. The first-order valence-corrected chi connectivity index (χ1v) is 13.8. The van der Waals surface area contributed by atoms with E-state index in [-0.39, 0.29) is 23.3 Å². The van der Waals surface area contributed by atoms with Crippen LogP contribution in [0, 0.1) is 12.8 Å². The van der Waals surface area contributed by atoms with Gasteiger partial charge in [0.1, 0.15) is 16.2 Å². The van der Waals surface area contributed by atoms with Gasteiger partial charge in [0.15, 0.2) is 10.8 Å². The largest absolute Gasteiger partial charge is 0.461 e. The number of carbonyl (C=O) groups is 2. The van der Waals surface area contributed by atoms with E-state index >= 15 is 0 Å². The number of hydrogen-bond donors (Lipinski definition) is 1. The summed E-state index contributed by atoms with van der Waals surface area (Å²) in [4.78, 5) is 39.5. The molecule has 0 radical (unpaired) electrons. The van der Waals surface area contributed by atoms with Crippen LogP contribution in [-0.4, -0.2) is 39.2 Å². The Kier molecular flexibility index (Phi) is 7.97. The molecule has 0 saturated carbocycles. The molecule has 0 aliphatic heterocycles. The first-order valence-electron chi connectivity index (χ1n) is 10.4. The summed E-state index contributed by atoms with van der Waals surface area (Å²) in [6.07, 6.45) is 1.52. The Bertz CT molecular complexity index is 1340. The molecule has 1 amide bonds. The van der Waals surface area contributed by atoms with E-state index < -0.39 is 5.97 Å². The number of fused-ring (bicyclic) bond motifs is 1. The van der Waals surface area contributed by atoms with Gasteiger partial charge in [-0.3, -0.25) is 4.79 Å². The molecule has 7 nitrogen and oxygen atoms in total. The van der Waals surface area contributed by atoms with Crippen molar-refractivity contribution >= 4 is 77.6 Å². The lowest BCUT2D eigenvalue weighted by molar-refractivity contribution is -0.113. The van der Waals surface area contributed by atoms with E-state index in [9.17, 15) is 9.59 Å². The van der Waals surface area contributed by atoms with Crippen molar-refractivity contribution in [2.75, 3.05) is 17.7 Å². The summed E-state index contributed by atoms with van der Waals surface area (Å²) in [7, 11) is 0. The average Bonchev–Trinajstić information content (AvgIpc) is 3.40. The van der Waals surface area contributed by atoms with Crippen molar-refractivity contribution < 1.29 is 14.3 Å². The molecule has 1 aromatic carbocycles. The number of thiazole rings is 1. The number of halogens is 1. The SMILES string of the molecule is Cc1sc(NC(=O)CSc2ncnc3scc(-c4ccc(Br)cc4)c23)nc1C(=O)OCC(C)C. The van der Waals surface area contributed by atoms with Crippen LogP contribution >= 0.6 is 50.4 Å². The van der Waals surface area contributed by atoms with Crippen molar-refractivity contribution in [1.29, 1.82) is 0 Å². The van der Waals surface area contributed by atoms with Gasteiger partial charge >= 0.3 is 5.97 Å². The quantitative estimate of drug-likeness (QED) is 0.147. The number of aromatic nitrogens is 3. The highest BCUT2D eigenvalue weighted by Crippen LogP contribution is 2.38. The Balaban J connectivity index is 1.45. The maximum atomic E-state index is 12.6. The van der Waals surface area contributed by atoms with Crippen LogP contribution in [0.4, 0.5) is 5.13 Å². The fourth-order valence-corrected chi connectivity index (χ4v) is 5.91. The second-order valence-corrected chi connectivity index (χ2v) is 11.7. The molecule has 176 valence electrons. The fourth-order valence-electron chi connectivity index (χ4n) is 3.04. The van der Waals surface area contributed by atoms with Crippen LogP contribution in [0.25, 0.3) is 21.3 Å². The monoisotopic (exact) mass is 576 g/mol. The van der Waals surface area contributed by atoms with Crippen molar-refractivity contribution in [3.05, 3.63) is 51.0 Å². The second-order valence-electron chi connectivity index (χ2n) is 7.77. The molecular formula is C23H21BrN4O3S3. The van der Waals surface area contributed by atoms with Gasteiger partial charge in [0.2, 0.25) is 5.91 Å². The predicted molar refractivity (Wildman–Crippen MR) is 142 cm³/mol. The number of nitrogens with one attached hydrogen (secondary N) is 1. The molecule has 0 bridgehead atoms. The zero-order chi connectivity index (χ0) is 24.2. The molecule has 0 spiro atoms. The number of amides is 1. The van der Waals surface area contributed by atoms with E-state index in [0.717, 1.165) is 30.8 Å². The highest BCUT2D eigenvalue weighted by molar-refractivity contribution is 9.10. The Morgan fingerprint density at radius 1 is 1.21 bits per heavy atom. The van der Waals surface area contributed by atoms with Crippen molar-refractivity contribution in [2.24, 2.45) is 5.92 Å². The number of aryl methyl sites for hydroxylation is 1. The minimum absolute atomic E-state index is 0.146. The lowest BCUT2D eigenvalue weighted by Gasteiger charge is -2.06. The maximum Gasteiger partial charge on any atom is 0.358 e. The fraction of sp³-hybridized carbons (Fsp3) is 0.261. The first kappa shape index (κ1) is 24.8. The van der Waals surface area contributed by atoms with Crippen molar-refractivity contribution in [3.63, 3.8) is 0 Å². The average molecular weight is 578 g/mol. The number of thiophene rings is 1. The number of esters is 1. The van der Waals surface area contributed by atoms with Crippen molar-refractivity contribution in [1.82, 2.24) is 15.0 Å². The summed E-state index contributed by atoms with van der Waals surface area (Å²) < 4.78 is 6.26. The van der Waals surface area contributed by atoms with Crippen LogP contribution in [0.5, 0.6) is 0 Å². The van der Waals surface area contributed by atoms with Crippen LogP contribution in [0.15, 0.2) is 45.5 Å². The van der Waals surface area contributed by atoms with Gasteiger partial charge in [-0.25, -0.2) is 19.7 Å². The smallest absolute Gasteiger partial charge is 0.358 e. The molecule has 0 fully saturated rings. The minimum Gasteiger partial charge on any atom is -0.461 e. The molecule has 0 saturated heterocycles. The molecule has 0 unspecified atom stereocenters. The van der Waals surface area contributed by atoms with Crippen molar-refractivity contribution in [2.45, 2.75) is 25.8 Å². The molecule has 34 heavy (non-hydrogen) atoms. The molecule has 0 aliphatic rings. The number of rotatable bonds is 8. The zero-order valence-corrected chi connectivity index (χ0v) is 22.7. The number of carbonyl (C=O) groups excluding carboxylic acids is 2. The number of hydrogen-bond acceptors (Lipinski definition) is 9. The van der Waals surface area contributed by atoms with Gasteiger partial charge in [-0.1, -0.05) is 53.7 Å². The maximum absolute atomic E-state index is 12.6. The van der Waals surface area contributed by atoms with E-state index in [1.807, 2.05) is 38.1 Å². The van der Waals surface area contributed by atoms with E-state index in [1.165, 1.54) is 29.4 Å². The molecule has 3 heterocycles. The van der Waals surface area contributed by atoms with Crippen LogP contribution in [0.2, 0.25) is 0 Å². The summed E-state index contributed by atoms with van der Waals surface area (Å²) >= 11 is 7.61. The van der Waals surface area contributed by atoms with Crippen LogP contribution in [-0.2, 0) is 9.53 Å². The number of benzene rings is 1. The normalized spacial score (nSPS) is 11.2. The lowest BCUT2D eigenvalue weighted by atomic mass is 10.1. The first-order chi connectivity index (χ1) is 16.3. The lowest BCUT2D eigenvalue weighted by Crippen LogP contribution is -2.15. The molecule has 3 aromatic heterocycles. The summed E-state index contributed by atoms with van der Waals surface area (Å²) in [6.45, 7) is 6.04. The molecule has 0 aliphatic carbocycles. The summed E-state index contributed by atoms with van der Waals surface area (Å²) in [5, 5.41) is 6.90. The predicted octanol–water partition coefficient (Wildman–Crippen LogP) is 6.43. The van der Waals surface area contributed by atoms with E-state index in [0.29, 0.717) is 16.6 Å². The standard InChI is InChI=1S/C23H21BrN4O3S3/c1-12(2)8-31-22(30)19-13(3)34-23(28-19)27-17(29)10-33-21-18-16(9-32-20(18)25-11-26-21)14-4-6-15(24)7-5-14/h4-7,9,11-12H,8,10H2,1-3H3,(H,27,28,29). The zero-order valence-electron chi connectivity index (χ0n) is 18.6. The van der Waals surface area contributed by atoms with E-state index in [1.54, 1.807) is 18.3 Å². The van der Waals surface area contributed by atoms with Crippen LogP contribution in [0.3, 0.4) is 0 Å². The van der Waals surface area contributed by atoms with Crippen LogP contribution < -0.4 is 5.32 Å². The number of thioether (sulfide) groups is 1. The molecule has 11 heteroatoms. The Morgan fingerprint density at radius 3 is 2.71 bits per heavy atom. The summed E-state index contributed by atoms with van der Waals surface area (Å²) in [5.41, 5.74) is 2.34. The van der Waals surface area contributed by atoms with Gasteiger partial charge in [0.05, 0.1) is 17.7 Å². The molecule has 4 rings (SSSR count). The second kappa shape index (κ2) is 10.9. The molecular weight excluding hydrogens is 556 g/mol. The van der Waals surface area contributed by atoms with Gasteiger partial charge < -0.3 is 10.1 Å².